The van der Waals surface area contributed by atoms with Crippen molar-refractivity contribution < 1.29 is 14.3 Å². The fraction of sp³-hybridized carbons (Fsp3) is 0.550. The van der Waals surface area contributed by atoms with Crippen LogP contribution >= 0.6 is 24.0 Å². The molecule has 1 aliphatic rings. The summed E-state index contributed by atoms with van der Waals surface area (Å²) >= 11 is 0. The average molecular weight is 502 g/mol. The number of halogens is 1. The summed E-state index contributed by atoms with van der Waals surface area (Å²) in [6.07, 6.45) is 2.63. The van der Waals surface area contributed by atoms with Crippen molar-refractivity contribution in [2.75, 3.05) is 38.6 Å². The van der Waals surface area contributed by atoms with Crippen LogP contribution in [0.1, 0.15) is 32.3 Å². The molecule has 7 nitrogen and oxygen atoms in total. The Labute approximate surface area is 184 Å². The fourth-order valence-corrected chi connectivity index (χ4v) is 3.19. The number of benzene rings is 1. The summed E-state index contributed by atoms with van der Waals surface area (Å²) in [7, 11) is 1.68. The molecule has 0 saturated carbocycles. The summed E-state index contributed by atoms with van der Waals surface area (Å²) in [6.45, 7) is 5.75. The minimum Gasteiger partial charge on any atom is -0.466 e. The van der Waals surface area contributed by atoms with Crippen molar-refractivity contribution in [2.24, 2.45) is 10.9 Å². The number of hydrogen-bond donors (Lipinski definition) is 2. The Hall–Kier alpha value is -1.84. The van der Waals surface area contributed by atoms with Gasteiger partial charge in [-0.15, -0.1) is 24.0 Å². The second-order valence-corrected chi connectivity index (χ2v) is 6.54. The van der Waals surface area contributed by atoms with E-state index in [-0.39, 0.29) is 48.3 Å². The topological polar surface area (TPSA) is 83.0 Å². The lowest BCUT2D eigenvalue weighted by molar-refractivity contribution is -0.149. The highest BCUT2D eigenvalue weighted by Crippen LogP contribution is 2.18. The van der Waals surface area contributed by atoms with E-state index >= 15 is 0 Å². The number of rotatable bonds is 6. The average Bonchev–Trinajstić information content (AvgIpc) is 2.69. The van der Waals surface area contributed by atoms with E-state index in [2.05, 4.69) is 22.5 Å². The largest absolute Gasteiger partial charge is 0.466 e. The van der Waals surface area contributed by atoms with Crippen LogP contribution in [-0.2, 0) is 20.7 Å². The van der Waals surface area contributed by atoms with E-state index in [1.165, 1.54) is 5.56 Å². The number of amides is 1. The van der Waals surface area contributed by atoms with Gasteiger partial charge in [-0.2, -0.15) is 0 Å². The third-order valence-electron chi connectivity index (χ3n) is 4.58. The molecule has 156 valence electrons. The molecule has 1 fully saturated rings. The van der Waals surface area contributed by atoms with Crippen molar-refractivity contribution in [1.82, 2.24) is 10.2 Å². The number of anilines is 1. The number of aliphatic imine (C=N–C) groups is 1. The van der Waals surface area contributed by atoms with Crippen LogP contribution in [0.4, 0.5) is 5.69 Å². The molecule has 0 bridgehead atoms. The van der Waals surface area contributed by atoms with E-state index < -0.39 is 0 Å². The van der Waals surface area contributed by atoms with Gasteiger partial charge in [0.2, 0.25) is 5.91 Å². The molecule has 1 heterocycles. The molecule has 2 rings (SSSR count). The van der Waals surface area contributed by atoms with E-state index in [0.29, 0.717) is 19.1 Å². The van der Waals surface area contributed by atoms with Crippen molar-refractivity contribution in [3.05, 3.63) is 29.8 Å². The van der Waals surface area contributed by atoms with E-state index in [1.54, 1.807) is 7.05 Å². The van der Waals surface area contributed by atoms with E-state index in [9.17, 15) is 9.59 Å². The van der Waals surface area contributed by atoms with Gasteiger partial charge in [0.15, 0.2) is 5.96 Å². The molecule has 1 aromatic rings. The second-order valence-electron chi connectivity index (χ2n) is 6.54. The Morgan fingerprint density at radius 1 is 1.32 bits per heavy atom. The standard InChI is InChI=1S/C20H30N4O3.HI/c1-4-15-8-6-10-17(12-15)23-18(25)13-22-20(21-3)24-11-7-9-16(14-24)19(26)27-5-2;/h6,8,10,12,16H,4-5,7,9,11,13-14H2,1-3H3,(H,21,22)(H,23,25);1H. The van der Waals surface area contributed by atoms with Gasteiger partial charge in [0.05, 0.1) is 19.1 Å². The van der Waals surface area contributed by atoms with Crippen LogP contribution in [0, 0.1) is 5.92 Å². The van der Waals surface area contributed by atoms with Gasteiger partial charge in [0.25, 0.3) is 0 Å². The summed E-state index contributed by atoms with van der Waals surface area (Å²) < 4.78 is 5.14. The minimum absolute atomic E-state index is 0. The molecular weight excluding hydrogens is 471 g/mol. The summed E-state index contributed by atoms with van der Waals surface area (Å²) in [5.74, 6) is 0.180. The number of aryl methyl sites for hydroxylation is 1. The van der Waals surface area contributed by atoms with E-state index in [0.717, 1.165) is 31.5 Å². The first kappa shape index (κ1) is 24.2. The highest BCUT2D eigenvalue weighted by molar-refractivity contribution is 14.0. The molecule has 0 aliphatic carbocycles. The fourth-order valence-electron chi connectivity index (χ4n) is 3.19. The molecule has 1 aromatic carbocycles. The van der Waals surface area contributed by atoms with Crippen molar-refractivity contribution in [3.8, 4) is 0 Å². The van der Waals surface area contributed by atoms with Gasteiger partial charge in [-0.05, 0) is 43.9 Å². The van der Waals surface area contributed by atoms with Gasteiger partial charge in [0.1, 0.15) is 0 Å². The second kappa shape index (κ2) is 12.6. The maximum Gasteiger partial charge on any atom is 0.310 e. The number of ether oxygens (including phenoxy) is 1. The highest BCUT2D eigenvalue weighted by atomic mass is 127. The van der Waals surface area contributed by atoms with Crippen LogP contribution in [0.25, 0.3) is 0 Å². The van der Waals surface area contributed by atoms with Crippen LogP contribution in [0.3, 0.4) is 0 Å². The van der Waals surface area contributed by atoms with E-state index in [4.69, 9.17) is 4.74 Å². The van der Waals surface area contributed by atoms with Crippen molar-refractivity contribution in [3.63, 3.8) is 0 Å². The molecule has 8 heteroatoms. The molecule has 0 radical (unpaired) electrons. The van der Waals surface area contributed by atoms with Crippen molar-refractivity contribution >= 4 is 47.5 Å². The molecule has 1 amide bonds. The van der Waals surface area contributed by atoms with Gasteiger partial charge in [0, 0.05) is 25.8 Å². The number of carbonyl (C=O) groups excluding carboxylic acids is 2. The Morgan fingerprint density at radius 2 is 2.11 bits per heavy atom. The summed E-state index contributed by atoms with van der Waals surface area (Å²) in [5.41, 5.74) is 1.96. The Kier molecular flexibility index (Phi) is 10.9. The van der Waals surface area contributed by atoms with Gasteiger partial charge in [-0.1, -0.05) is 19.1 Å². The number of esters is 1. The monoisotopic (exact) mass is 502 g/mol. The first-order valence-corrected chi connectivity index (χ1v) is 9.58. The number of nitrogens with one attached hydrogen (secondary N) is 2. The Bertz CT molecular complexity index is 681. The SMILES string of the molecule is CCOC(=O)C1CCCN(C(=NC)NCC(=O)Nc2cccc(CC)c2)C1.I. The maximum atomic E-state index is 12.3. The third-order valence-corrected chi connectivity index (χ3v) is 4.58. The Balaban J connectivity index is 0.00000392. The molecule has 1 saturated heterocycles. The molecule has 0 aromatic heterocycles. The number of carbonyl (C=O) groups is 2. The van der Waals surface area contributed by atoms with Gasteiger partial charge >= 0.3 is 5.97 Å². The zero-order valence-electron chi connectivity index (χ0n) is 16.9. The van der Waals surface area contributed by atoms with Crippen LogP contribution < -0.4 is 10.6 Å². The highest BCUT2D eigenvalue weighted by Gasteiger charge is 2.28. The van der Waals surface area contributed by atoms with E-state index in [1.807, 2.05) is 36.1 Å². The van der Waals surface area contributed by atoms with Gasteiger partial charge < -0.3 is 20.3 Å². The number of hydrogen-bond acceptors (Lipinski definition) is 4. The maximum absolute atomic E-state index is 12.3. The van der Waals surface area contributed by atoms with Crippen LogP contribution in [0.15, 0.2) is 29.3 Å². The summed E-state index contributed by atoms with van der Waals surface area (Å²) in [5, 5.41) is 5.98. The lowest BCUT2D eigenvalue weighted by Crippen LogP contribution is -2.49. The van der Waals surface area contributed by atoms with Crippen LogP contribution in [-0.4, -0.2) is 56.0 Å². The van der Waals surface area contributed by atoms with Crippen LogP contribution in [0.2, 0.25) is 0 Å². The number of likely N-dealkylation sites (tertiary alicyclic amines) is 1. The predicted molar refractivity (Wildman–Crippen MR) is 122 cm³/mol. The first-order valence-electron chi connectivity index (χ1n) is 9.58. The normalized spacial score (nSPS) is 16.8. The summed E-state index contributed by atoms with van der Waals surface area (Å²) in [4.78, 5) is 30.5. The van der Waals surface area contributed by atoms with Crippen molar-refractivity contribution in [1.29, 1.82) is 0 Å². The number of nitrogens with zero attached hydrogens (tertiary/aromatic N) is 2. The molecule has 2 N–H and O–H groups in total. The van der Waals surface area contributed by atoms with Crippen LogP contribution in [0.5, 0.6) is 0 Å². The quantitative estimate of drug-likeness (QED) is 0.271. The predicted octanol–water partition coefficient (Wildman–Crippen LogP) is 2.66. The lowest BCUT2D eigenvalue weighted by atomic mass is 9.98. The molecule has 1 atom stereocenters. The zero-order valence-corrected chi connectivity index (χ0v) is 19.2. The van der Waals surface area contributed by atoms with Crippen molar-refractivity contribution in [2.45, 2.75) is 33.1 Å². The summed E-state index contributed by atoms with van der Waals surface area (Å²) in [6, 6.07) is 7.82. The van der Waals surface area contributed by atoms with Gasteiger partial charge in [-0.3, -0.25) is 14.6 Å². The number of piperidine rings is 1. The smallest absolute Gasteiger partial charge is 0.310 e. The number of guanidine groups is 1. The zero-order chi connectivity index (χ0) is 19.6. The molecular formula is C20H31IN4O3. The molecule has 1 aliphatic heterocycles. The molecule has 1 unspecified atom stereocenters. The third kappa shape index (κ3) is 7.29. The molecule has 0 spiro atoms. The molecule has 28 heavy (non-hydrogen) atoms. The Morgan fingerprint density at radius 3 is 2.79 bits per heavy atom. The first-order chi connectivity index (χ1) is 13.1. The lowest BCUT2D eigenvalue weighted by Gasteiger charge is -2.33. The van der Waals surface area contributed by atoms with Gasteiger partial charge in [-0.25, -0.2) is 0 Å². The minimum atomic E-state index is -0.161.